The highest BCUT2D eigenvalue weighted by Gasteiger charge is 2.18. The second-order valence-corrected chi connectivity index (χ2v) is 6.25. The summed E-state index contributed by atoms with van der Waals surface area (Å²) in [7, 11) is 0. The number of nitriles is 1. The monoisotopic (exact) mass is 342 g/mol. The Morgan fingerprint density at radius 3 is 2.83 bits per heavy atom. The highest BCUT2D eigenvalue weighted by atomic mass is 32.2. The van der Waals surface area contributed by atoms with Crippen molar-refractivity contribution in [3.05, 3.63) is 45.7 Å². The van der Waals surface area contributed by atoms with Crippen molar-refractivity contribution in [2.45, 2.75) is 11.7 Å². The van der Waals surface area contributed by atoms with Crippen LogP contribution in [0.25, 0.3) is 11.3 Å². The van der Waals surface area contributed by atoms with Crippen LogP contribution in [0.15, 0.2) is 34.2 Å². The Kier molecular flexibility index (Phi) is 5.30. The molecule has 1 aliphatic rings. The largest absolute Gasteiger partial charge is 0.379 e. The molecule has 0 unspecified atom stereocenters. The van der Waals surface area contributed by atoms with E-state index >= 15 is 0 Å². The summed E-state index contributed by atoms with van der Waals surface area (Å²) in [5.41, 5.74) is 2.01. The molecule has 2 aromatic rings. The van der Waals surface area contributed by atoms with E-state index in [1.807, 2.05) is 36.6 Å². The van der Waals surface area contributed by atoms with E-state index in [4.69, 9.17) is 4.74 Å². The van der Waals surface area contributed by atoms with Gasteiger partial charge in [-0.3, -0.25) is 9.69 Å². The van der Waals surface area contributed by atoms with Gasteiger partial charge in [-0.25, -0.2) is 4.98 Å². The van der Waals surface area contributed by atoms with Crippen molar-refractivity contribution in [2.75, 3.05) is 32.6 Å². The molecule has 1 fully saturated rings. The molecule has 0 bridgehead atoms. The zero-order chi connectivity index (χ0) is 16.9. The molecule has 0 spiro atoms. The molecule has 0 saturated carbocycles. The Labute approximate surface area is 144 Å². The number of rotatable bonds is 4. The smallest absolute Gasteiger partial charge is 0.270 e. The Balaban J connectivity index is 2.05. The molecule has 1 aromatic heterocycles. The molecule has 2 heterocycles. The van der Waals surface area contributed by atoms with Gasteiger partial charge in [-0.05, 0) is 11.8 Å². The fourth-order valence-corrected chi connectivity index (χ4v) is 3.11. The molecule has 1 saturated heterocycles. The Morgan fingerprint density at radius 2 is 2.12 bits per heavy atom. The second kappa shape index (κ2) is 7.62. The van der Waals surface area contributed by atoms with Gasteiger partial charge in [-0.15, -0.1) is 0 Å². The lowest BCUT2D eigenvalue weighted by Crippen LogP contribution is -2.35. The molecule has 1 N–H and O–H groups in total. The number of thioether (sulfide) groups is 1. The first-order valence-electron chi connectivity index (χ1n) is 7.69. The summed E-state index contributed by atoms with van der Waals surface area (Å²) in [6.07, 6.45) is 1.84. The number of nitrogens with zero attached hydrogens (tertiary/aromatic N) is 3. The molecule has 0 radical (unpaired) electrons. The van der Waals surface area contributed by atoms with Crippen molar-refractivity contribution >= 4 is 11.8 Å². The highest BCUT2D eigenvalue weighted by Crippen LogP contribution is 2.26. The topological polar surface area (TPSA) is 82.0 Å². The average molecular weight is 342 g/mol. The van der Waals surface area contributed by atoms with Gasteiger partial charge in [0.05, 0.1) is 18.9 Å². The van der Waals surface area contributed by atoms with Crippen molar-refractivity contribution in [3.8, 4) is 17.3 Å². The number of ether oxygens (including phenoxy) is 1. The summed E-state index contributed by atoms with van der Waals surface area (Å²) in [4.78, 5) is 21.6. The standard InChI is InChI=1S/C17H18N4O2S/c1-24-17-19-15(14(10-18)16(22)20-17)13-5-3-2-4-12(13)11-21-6-8-23-9-7-21/h2-5H,6-9,11H2,1H3,(H,19,20,22). The summed E-state index contributed by atoms with van der Waals surface area (Å²) in [6, 6.07) is 9.81. The van der Waals surface area contributed by atoms with E-state index in [9.17, 15) is 10.1 Å². The van der Waals surface area contributed by atoms with Gasteiger partial charge in [0, 0.05) is 25.2 Å². The number of aromatic amines is 1. The molecule has 1 aliphatic heterocycles. The van der Waals surface area contributed by atoms with Gasteiger partial charge in [0.2, 0.25) is 0 Å². The summed E-state index contributed by atoms with van der Waals surface area (Å²) in [5.74, 6) is 0. The fourth-order valence-electron chi connectivity index (χ4n) is 2.74. The van der Waals surface area contributed by atoms with E-state index in [1.54, 1.807) is 0 Å². The third-order valence-corrected chi connectivity index (χ3v) is 4.55. The van der Waals surface area contributed by atoms with Crippen LogP contribution in [0.3, 0.4) is 0 Å². The first-order valence-corrected chi connectivity index (χ1v) is 8.92. The van der Waals surface area contributed by atoms with E-state index < -0.39 is 5.56 Å². The molecule has 3 rings (SSSR count). The maximum atomic E-state index is 12.2. The third kappa shape index (κ3) is 3.51. The number of morpholine rings is 1. The van der Waals surface area contributed by atoms with Crippen LogP contribution in [0, 0.1) is 11.3 Å². The number of aromatic nitrogens is 2. The van der Waals surface area contributed by atoms with Crippen LogP contribution in [-0.4, -0.2) is 47.4 Å². The molecule has 0 aliphatic carbocycles. The number of nitrogens with one attached hydrogen (secondary N) is 1. The van der Waals surface area contributed by atoms with Crippen LogP contribution in [0.5, 0.6) is 0 Å². The number of hydrogen-bond acceptors (Lipinski definition) is 6. The summed E-state index contributed by atoms with van der Waals surface area (Å²) >= 11 is 1.35. The molecular formula is C17H18N4O2S. The van der Waals surface area contributed by atoms with Crippen molar-refractivity contribution in [1.29, 1.82) is 5.26 Å². The quantitative estimate of drug-likeness (QED) is 0.675. The molecule has 124 valence electrons. The SMILES string of the molecule is CSc1nc(-c2ccccc2CN2CCOCC2)c(C#N)c(=O)[nH]1. The summed E-state index contributed by atoms with van der Waals surface area (Å²) < 4.78 is 5.39. The van der Waals surface area contributed by atoms with Crippen molar-refractivity contribution in [3.63, 3.8) is 0 Å². The molecule has 6 nitrogen and oxygen atoms in total. The van der Waals surface area contributed by atoms with Gasteiger partial charge in [-0.2, -0.15) is 5.26 Å². The number of hydrogen-bond donors (Lipinski definition) is 1. The van der Waals surface area contributed by atoms with E-state index in [2.05, 4.69) is 14.9 Å². The Bertz CT molecular complexity index is 822. The van der Waals surface area contributed by atoms with E-state index in [0.29, 0.717) is 10.9 Å². The maximum absolute atomic E-state index is 12.2. The summed E-state index contributed by atoms with van der Waals surface area (Å²) in [5, 5.41) is 9.90. The predicted molar refractivity (Wildman–Crippen MR) is 92.9 cm³/mol. The first-order chi connectivity index (χ1) is 11.7. The normalized spacial score (nSPS) is 15.2. The van der Waals surface area contributed by atoms with Crippen LogP contribution in [0.2, 0.25) is 0 Å². The van der Waals surface area contributed by atoms with Crippen molar-refractivity contribution < 1.29 is 4.74 Å². The van der Waals surface area contributed by atoms with E-state index in [1.165, 1.54) is 11.8 Å². The molecule has 0 amide bonds. The lowest BCUT2D eigenvalue weighted by Gasteiger charge is -2.27. The van der Waals surface area contributed by atoms with Gasteiger partial charge in [-0.1, -0.05) is 36.0 Å². The highest BCUT2D eigenvalue weighted by molar-refractivity contribution is 7.98. The number of benzene rings is 1. The summed E-state index contributed by atoms with van der Waals surface area (Å²) in [6.45, 7) is 3.95. The molecule has 1 aromatic carbocycles. The van der Waals surface area contributed by atoms with Gasteiger partial charge >= 0.3 is 0 Å². The minimum Gasteiger partial charge on any atom is -0.379 e. The molecule has 24 heavy (non-hydrogen) atoms. The van der Waals surface area contributed by atoms with Crippen molar-refractivity contribution in [1.82, 2.24) is 14.9 Å². The maximum Gasteiger partial charge on any atom is 0.270 e. The predicted octanol–water partition coefficient (Wildman–Crippen LogP) is 1.86. The van der Waals surface area contributed by atoms with Gasteiger partial charge < -0.3 is 9.72 Å². The van der Waals surface area contributed by atoms with Crippen LogP contribution >= 0.6 is 11.8 Å². The van der Waals surface area contributed by atoms with Gasteiger partial charge in [0.1, 0.15) is 11.6 Å². The van der Waals surface area contributed by atoms with E-state index in [-0.39, 0.29) is 5.56 Å². The molecule has 0 atom stereocenters. The second-order valence-electron chi connectivity index (χ2n) is 5.46. The fraction of sp³-hybridized carbons (Fsp3) is 0.353. The van der Waals surface area contributed by atoms with Crippen molar-refractivity contribution in [2.24, 2.45) is 0 Å². The zero-order valence-electron chi connectivity index (χ0n) is 13.4. The van der Waals surface area contributed by atoms with Gasteiger partial charge in [0.25, 0.3) is 5.56 Å². The molecule has 7 heteroatoms. The Hall–Kier alpha value is -2.14. The minimum absolute atomic E-state index is 0.0576. The lowest BCUT2D eigenvalue weighted by molar-refractivity contribution is 0.0342. The Morgan fingerprint density at radius 1 is 1.38 bits per heavy atom. The van der Waals surface area contributed by atoms with Crippen LogP contribution < -0.4 is 5.56 Å². The molecular weight excluding hydrogens is 324 g/mol. The van der Waals surface area contributed by atoms with E-state index in [0.717, 1.165) is 44.0 Å². The first kappa shape index (κ1) is 16.7. The minimum atomic E-state index is -0.395. The van der Waals surface area contributed by atoms with Gasteiger partial charge in [0.15, 0.2) is 5.16 Å². The van der Waals surface area contributed by atoms with Crippen LogP contribution in [0.1, 0.15) is 11.1 Å². The van der Waals surface area contributed by atoms with Crippen LogP contribution in [-0.2, 0) is 11.3 Å². The lowest BCUT2D eigenvalue weighted by atomic mass is 10.0. The third-order valence-electron chi connectivity index (χ3n) is 3.97. The average Bonchev–Trinajstić information content (AvgIpc) is 2.62. The number of H-pyrrole nitrogens is 1. The van der Waals surface area contributed by atoms with Crippen LogP contribution in [0.4, 0.5) is 0 Å². The zero-order valence-corrected chi connectivity index (χ0v) is 14.2.